The third-order valence-electron chi connectivity index (χ3n) is 4.37. The molecule has 0 saturated heterocycles. The molecule has 1 amide bonds. The van der Waals surface area contributed by atoms with E-state index in [-0.39, 0.29) is 17.8 Å². The normalized spacial score (nSPS) is 13.2. The summed E-state index contributed by atoms with van der Waals surface area (Å²) in [6, 6.07) is 16.1. The van der Waals surface area contributed by atoms with Gasteiger partial charge >= 0.3 is 0 Å². The summed E-state index contributed by atoms with van der Waals surface area (Å²) < 4.78 is 18.6. The van der Waals surface area contributed by atoms with Crippen LogP contribution in [0.4, 0.5) is 4.39 Å². The maximum atomic E-state index is 13.1. The second kappa shape index (κ2) is 9.91. The van der Waals surface area contributed by atoms with Gasteiger partial charge in [-0.05, 0) is 48.9 Å². The molecular formula is C20H24FNO3. The lowest BCUT2D eigenvalue weighted by atomic mass is 9.91. The summed E-state index contributed by atoms with van der Waals surface area (Å²) in [7, 11) is 1.56. The van der Waals surface area contributed by atoms with Gasteiger partial charge in [-0.25, -0.2) is 9.87 Å². The summed E-state index contributed by atoms with van der Waals surface area (Å²) >= 11 is 0. The minimum absolute atomic E-state index is 0.314. The third-order valence-corrected chi connectivity index (χ3v) is 4.37. The second-order valence-electron chi connectivity index (χ2n) is 6.06. The smallest absolute Gasteiger partial charge is 0.246 e. The Morgan fingerprint density at radius 1 is 1.16 bits per heavy atom. The van der Waals surface area contributed by atoms with Gasteiger partial charge < -0.3 is 4.74 Å². The number of methoxy groups -OCH3 is 1. The molecular weight excluding hydrogens is 321 g/mol. The van der Waals surface area contributed by atoms with Crippen LogP contribution in [0.25, 0.3) is 0 Å². The topological polar surface area (TPSA) is 58.6 Å². The van der Waals surface area contributed by atoms with Crippen molar-refractivity contribution in [3.8, 4) is 0 Å². The molecule has 0 aromatic heterocycles. The molecule has 2 N–H and O–H groups in total. The van der Waals surface area contributed by atoms with Gasteiger partial charge in [-0.1, -0.05) is 42.5 Å². The molecule has 2 aromatic rings. The van der Waals surface area contributed by atoms with Crippen LogP contribution in [-0.4, -0.2) is 18.2 Å². The maximum Gasteiger partial charge on any atom is 0.246 e. The van der Waals surface area contributed by atoms with Gasteiger partial charge in [0, 0.05) is 13.0 Å². The van der Waals surface area contributed by atoms with Crippen molar-refractivity contribution in [2.75, 3.05) is 7.11 Å². The molecule has 0 bridgehead atoms. The van der Waals surface area contributed by atoms with E-state index in [0.717, 1.165) is 18.4 Å². The number of nitrogens with one attached hydrogen (secondary N) is 1. The molecule has 0 aliphatic rings. The third kappa shape index (κ3) is 5.96. The predicted molar refractivity (Wildman–Crippen MR) is 93.6 cm³/mol. The first kappa shape index (κ1) is 19.1. The Hall–Kier alpha value is -2.24. The number of ether oxygens (including phenoxy) is 1. The summed E-state index contributed by atoms with van der Waals surface area (Å²) in [5.74, 6) is -1.12. The number of benzene rings is 2. The van der Waals surface area contributed by atoms with E-state index in [1.54, 1.807) is 24.7 Å². The first-order valence-electron chi connectivity index (χ1n) is 8.40. The molecule has 2 rings (SSSR count). The van der Waals surface area contributed by atoms with Crippen LogP contribution in [-0.2, 0) is 16.0 Å². The van der Waals surface area contributed by atoms with Crippen molar-refractivity contribution in [2.24, 2.45) is 5.92 Å². The van der Waals surface area contributed by atoms with Crippen molar-refractivity contribution in [3.05, 3.63) is 71.5 Å². The molecule has 0 unspecified atom stereocenters. The Kier molecular flexibility index (Phi) is 7.57. The van der Waals surface area contributed by atoms with E-state index in [0.29, 0.717) is 12.8 Å². The highest BCUT2D eigenvalue weighted by Gasteiger charge is 2.23. The first-order chi connectivity index (χ1) is 12.1. The number of carbonyl (C=O) groups is 1. The van der Waals surface area contributed by atoms with Crippen molar-refractivity contribution in [3.63, 3.8) is 0 Å². The lowest BCUT2D eigenvalue weighted by molar-refractivity contribution is -0.135. The number of hydrogen-bond donors (Lipinski definition) is 2. The monoisotopic (exact) mass is 345 g/mol. The Labute approximate surface area is 147 Å². The first-order valence-corrected chi connectivity index (χ1v) is 8.40. The maximum absolute atomic E-state index is 13.1. The van der Waals surface area contributed by atoms with Crippen LogP contribution < -0.4 is 5.48 Å². The van der Waals surface area contributed by atoms with Crippen molar-refractivity contribution in [2.45, 2.75) is 31.8 Å². The van der Waals surface area contributed by atoms with Crippen molar-refractivity contribution >= 4 is 5.91 Å². The Morgan fingerprint density at radius 2 is 1.84 bits per heavy atom. The van der Waals surface area contributed by atoms with Gasteiger partial charge in [0.25, 0.3) is 0 Å². The van der Waals surface area contributed by atoms with Crippen LogP contribution in [0, 0.1) is 11.7 Å². The highest BCUT2D eigenvalue weighted by atomic mass is 19.1. The number of hydrogen-bond acceptors (Lipinski definition) is 3. The zero-order valence-electron chi connectivity index (χ0n) is 14.3. The van der Waals surface area contributed by atoms with Gasteiger partial charge in [0.15, 0.2) is 0 Å². The minimum atomic E-state index is -0.419. The van der Waals surface area contributed by atoms with Crippen LogP contribution in [0.2, 0.25) is 0 Å². The SMILES string of the molecule is CO[C@@H](C[C@@H](CCCc1ccccc1)C(=O)NO)c1ccc(F)cc1. The van der Waals surface area contributed by atoms with Gasteiger partial charge in [0.1, 0.15) is 5.82 Å². The summed E-state index contributed by atoms with van der Waals surface area (Å²) in [4.78, 5) is 12.0. The standard InChI is InChI=1S/C20H24FNO3/c1-25-19(16-10-12-18(21)13-11-16)14-17(20(23)22-24)9-5-8-15-6-3-2-4-7-15/h2-4,6-7,10-13,17,19,24H,5,8-9,14H2,1H3,(H,22,23)/t17-,19+/m1/s1. The fourth-order valence-electron chi connectivity index (χ4n) is 2.95. The second-order valence-corrected chi connectivity index (χ2v) is 6.06. The summed E-state index contributed by atoms with van der Waals surface area (Å²) in [6.07, 6.45) is 2.40. The fraction of sp³-hybridized carbons (Fsp3) is 0.350. The predicted octanol–water partition coefficient (Wildman–Crippen LogP) is 4.05. The lowest BCUT2D eigenvalue weighted by Gasteiger charge is -2.22. The molecule has 2 atom stereocenters. The number of amides is 1. The van der Waals surface area contributed by atoms with E-state index < -0.39 is 5.91 Å². The number of aryl methyl sites for hydroxylation is 1. The van der Waals surface area contributed by atoms with E-state index >= 15 is 0 Å². The van der Waals surface area contributed by atoms with E-state index in [1.165, 1.54) is 17.7 Å². The van der Waals surface area contributed by atoms with E-state index in [4.69, 9.17) is 9.94 Å². The molecule has 2 aromatic carbocycles. The molecule has 0 saturated carbocycles. The number of rotatable bonds is 9. The van der Waals surface area contributed by atoms with Crippen LogP contribution >= 0.6 is 0 Å². The summed E-state index contributed by atoms with van der Waals surface area (Å²) in [5.41, 5.74) is 3.77. The quantitative estimate of drug-likeness (QED) is 0.532. The zero-order valence-corrected chi connectivity index (χ0v) is 14.3. The van der Waals surface area contributed by atoms with Crippen molar-refractivity contribution in [1.29, 1.82) is 0 Å². The van der Waals surface area contributed by atoms with Crippen molar-refractivity contribution in [1.82, 2.24) is 5.48 Å². The van der Waals surface area contributed by atoms with Crippen molar-refractivity contribution < 1.29 is 19.1 Å². The van der Waals surface area contributed by atoms with Gasteiger partial charge in [-0.15, -0.1) is 0 Å². The molecule has 4 nitrogen and oxygen atoms in total. The molecule has 0 fully saturated rings. The largest absolute Gasteiger partial charge is 0.377 e. The minimum Gasteiger partial charge on any atom is -0.377 e. The Bertz CT molecular complexity index is 646. The number of carbonyl (C=O) groups excluding carboxylic acids is 1. The molecule has 0 aliphatic heterocycles. The Morgan fingerprint density at radius 3 is 2.44 bits per heavy atom. The number of hydroxylamine groups is 1. The molecule has 134 valence electrons. The summed E-state index contributed by atoms with van der Waals surface area (Å²) in [5, 5.41) is 9.02. The van der Waals surface area contributed by atoms with Crippen LogP contribution in [0.15, 0.2) is 54.6 Å². The summed E-state index contributed by atoms with van der Waals surface area (Å²) in [6.45, 7) is 0. The van der Waals surface area contributed by atoms with Gasteiger partial charge in [0.2, 0.25) is 5.91 Å². The molecule has 5 heteroatoms. The highest BCUT2D eigenvalue weighted by Crippen LogP contribution is 2.28. The average molecular weight is 345 g/mol. The molecule has 0 radical (unpaired) electrons. The van der Waals surface area contributed by atoms with Crippen LogP contribution in [0.5, 0.6) is 0 Å². The lowest BCUT2D eigenvalue weighted by Crippen LogP contribution is -2.29. The molecule has 0 aliphatic carbocycles. The molecule has 25 heavy (non-hydrogen) atoms. The van der Waals surface area contributed by atoms with Crippen LogP contribution in [0.1, 0.15) is 36.5 Å². The van der Waals surface area contributed by atoms with E-state index in [2.05, 4.69) is 12.1 Å². The average Bonchev–Trinajstić information content (AvgIpc) is 2.65. The number of halogens is 1. The van der Waals surface area contributed by atoms with E-state index in [9.17, 15) is 9.18 Å². The van der Waals surface area contributed by atoms with Gasteiger partial charge in [-0.3, -0.25) is 10.0 Å². The van der Waals surface area contributed by atoms with Gasteiger partial charge in [0.05, 0.1) is 6.10 Å². The van der Waals surface area contributed by atoms with Gasteiger partial charge in [-0.2, -0.15) is 0 Å². The van der Waals surface area contributed by atoms with E-state index in [1.807, 2.05) is 18.2 Å². The fourth-order valence-corrected chi connectivity index (χ4v) is 2.95. The zero-order chi connectivity index (χ0) is 18.1. The highest BCUT2D eigenvalue weighted by molar-refractivity contribution is 5.77. The molecule has 0 spiro atoms. The van der Waals surface area contributed by atoms with Crippen LogP contribution in [0.3, 0.4) is 0 Å². The Balaban J connectivity index is 1.98. The molecule has 0 heterocycles.